The molecule has 0 bridgehead atoms. The van der Waals surface area contributed by atoms with Crippen LogP contribution in [0.5, 0.6) is 5.75 Å². The molecule has 1 aliphatic rings. The number of aryl methyl sites for hydroxylation is 2. The quantitative estimate of drug-likeness (QED) is 0.180. The van der Waals surface area contributed by atoms with Gasteiger partial charge in [0.1, 0.15) is 22.6 Å². The second-order valence-electron chi connectivity index (χ2n) is 21.7. The third-order valence-electron chi connectivity index (χ3n) is 15.9. The molecule has 0 saturated heterocycles. The van der Waals surface area contributed by atoms with E-state index in [2.05, 4.69) is 225 Å². The van der Waals surface area contributed by atoms with Crippen molar-refractivity contribution in [1.29, 1.82) is 0 Å². The lowest BCUT2D eigenvalue weighted by Gasteiger charge is -2.47. The Morgan fingerprint density at radius 3 is 1.94 bits per heavy atom. The number of benzene rings is 8. The molecule has 11 aromatic rings. The Hall–Kier alpha value is -8.02. The molecular weight excluding hydrogens is 867 g/mol. The van der Waals surface area contributed by atoms with Gasteiger partial charge in [0.05, 0.1) is 22.4 Å². The smallest absolute Gasteiger partial charge is 0.164 e. The van der Waals surface area contributed by atoms with Crippen LogP contribution >= 0.6 is 0 Å². The second-order valence-corrected chi connectivity index (χ2v) is 21.7. The molecule has 1 N–H and O–H groups in total. The minimum absolute atomic E-state index is 0.0364. The standard InChI is InChI=1S/C66H57N3O2/c1-39-20-15-21-40(2)61(39)69-54-31-18-29-47(59(54)68-63(69)53-35-34-52-60(67-53)58-51(30-19-32-55(58)70)65(6,7)66(52,8)9)43-37-49-48-26-13-14-33-56(48)71-62(49)50(38-43)57-45(41-22-11-10-12-23-41)27-17-28-46(57)42-24-16-25-44(36-42)64(3,4)5/h10-38,70H,1-9H3. The molecule has 5 nitrogen and oxygen atoms in total. The summed E-state index contributed by atoms with van der Waals surface area (Å²) >= 11 is 0. The molecule has 0 saturated carbocycles. The van der Waals surface area contributed by atoms with Gasteiger partial charge in [-0.2, -0.15) is 0 Å². The Kier molecular flexibility index (Phi) is 9.97. The predicted octanol–water partition coefficient (Wildman–Crippen LogP) is 17.5. The molecule has 0 aliphatic heterocycles. The van der Waals surface area contributed by atoms with Gasteiger partial charge in [0.15, 0.2) is 5.82 Å². The van der Waals surface area contributed by atoms with E-state index in [1.165, 1.54) is 5.56 Å². The van der Waals surface area contributed by atoms with Crippen LogP contribution in [0.4, 0.5) is 0 Å². The van der Waals surface area contributed by atoms with Crippen molar-refractivity contribution in [2.45, 2.75) is 78.6 Å². The Labute approximate surface area is 416 Å². The monoisotopic (exact) mass is 923 g/mol. The summed E-state index contributed by atoms with van der Waals surface area (Å²) in [4.78, 5) is 11.3. The molecule has 0 unspecified atom stereocenters. The maximum absolute atomic E-state index is 11.6. The highest BCUT2D eigenvalue weighted by Crippen LogP contribution is 2.56. The molecule has 0 amide bonds. The van der Waals surface area contributed by atoms with Gasteiger partial charge in [-0.1, -0.05) is 188 Å². The summed E-state index contributed by atoms with van der Waals surface area (Å²) in [5.74, 6) is 0.970. The molecule has 0 fully saturated rings. The van der Waals surface area contributed by atoms with E-state index in [1.54, 1.807) is 6.07 Å². The summed E-state index contributed by atoms with van der Waals surface area (Å²) in [5, 5.41) is 13.7. The normalized spacial score (nSPS) is 14.0. The van der Waals surface area contributed by atoms with Gasteiger partial charge >= 0.3 is 0 Å². The van der Waals surface area contributed by atoms with E-state index < -0.39 is 0 Å². The number of hydrogen-bond acceptors (Lipinski definition) is 4. The van der Waals surface area contributed by atoms with Crippen molar-refractivity contribution in [2.75, 3.05) is 0 Å². The van der Waals surface area contributed by atoms with Crippen molar-refractivity contribution in [2.24, 2.45) is 0 Å². The Morgan fingerprint density at radius 2 is 1.17 bits per heavy atom. The number of pyridine rings is 1. The predicted molar refractivity (Wildman–Crippen MR) is 295 cm³/mol. The van der Waals surface area contributed by atoms with Crippen LogP contribution in [-0.4, -0.2) is 19.6 Å². The van der Waals surface area contributed by atoms with E-state index >= 15 is 0 Å². The maximum atomic E-state index is 11.6. The first-order valence-corrected chi connectivity index (χ1v) is 24.8. The van der Waals surface area contributed by atoms with Crippen molar-refractivity contribution in [1.82, 2.24) is 14.5 Å². The largest absolute Gasteiger partial charge is 0.507 e. The summed E-state index contributed by atoms with van der Waals surface area (Å²) in [7, 11) is 0. The highest BCUT2D eigenvalue weighted by Gasteiger charge is 2.47. The third kappa shape index (κ3) is 6.81. The number of phenolic OH excluding ortho intramolecular Hbond substituents is 1. The van der Waals surface area contributed by atoms with Crippen LogP contribution in [0.1, 0.15) is 76.3 Å². The van der Waals surface area contributed by atoms with E-state index in [0.29, 0.717) is 0 Å². The molecule has 348 valence electrons. The van der Waals surface area contributed by atoms with Crippen molar-refractivity contribution in [3.8, 4) is 78.7 Å². The lowest BCUT2D eigenvalue weighted by atomic mass is 9.56. The molecule has 0 atom stereocenters. The van der Waals surface area contributed by atoms with Gasteiger partial charge in [0.2, 0.25) is 0 Å². The minimum atomic E-state index is -0.281. The van der Waals surface area contributed by atoms with Crippen LogP contribution in [0.25, 0.3) is 106 Å². The number of furan rings is 1. The fourth-order valence-corrected chi connectivity index (χ4v) is 11.4. The maximum Gasteiger partial charge on any atom is 0.164 e. The molecule has 71 heavy (non-hydrogen) atoms. The number of imidazole rings is 1. The summed E-state index contributed by atoms with van der Waals surface area (Å²) in [6.45, 7) is 20.3. The first-order valence-electron chi connectivity index (χ1n) is 24.8. The molecular formula is C66H57N3O2. The molecule has 0 radical (unpaired) electrons. The van der Waals surface area contributed by atoms with E-state index in [1.807, 2.05) is 12.1 Å². The SMILES string of the molecule is Cc1cccc(C)c1-n1c(-c2ccc3c(n2)-c2c(O)cccc2C(C)(C)C3(C)C)nc2c(-c3cc(-c4c(-c5ccccc5)cccc4-c4cccc(C(C)(C)C)c4)c4oc5ccccc5c4c3)cccc21. The third-order valence-corrected chi connectivity index (χ3v) is 15.9. The first kappa shape index (κ1) is 44.2. The fourth-order valence-electron chi connectivity index (χ4n) is 11.4. The van der Waals surface area contributed by atoms with Gasteiger partial charge in [-0.25, -0.2) is 9.97 Å². The average Bonchev–Trinajstić information content (AvgIpc) is 3.94. The van der Waals surface area contributed by atoms with Gasteiger partial charge < -0.3 is 9.52 Å². The molecule has 5 heteroatoms. The van der Waals surface area contributed by atoms with Crippen LogP contribution in [0.3, 0.4) is 0 Å². The van der Waals surface area contributed by atoms with Crippen LogP contribution < -0.4 is 0 Å². The summed E-state index contributed by atoms with van der Waals surface area (Å²) in [5.41, 5.74) is 20.7. The number of aromatic nitrogens is 3. The number of phenols is 1. The van der Waals surface area contributed by atoms with E-state index in [-0.39, 0.29) is 22.0 Å². The summed E-state index contributed by atoms with van der Waals surface area (Å²) < 4.78 is 9.31. The van der Waals surface area contributed by atoms with Gasteiger partial charge in [-0.05, 0) is 117 Å². The molecule has 8 aromatic carbocycles. The first-order chi connectivity index (χ1) is 34.1. The molecule has 0 spiro atoms. The van der Waals surface area contributed by atoms with Gasteiger partial charge in [-0.3, -0.25) is 4.57 Å². The number of fused-ring (bicyclic) bond motifs is 7. The van der Waals surface area contributed by atoms with E-state index in [0.717, 1.165) is 128 Å². The summed E-state index contributed by atoms with van der Waals surface area (Å²) in [6.07, 6.45) is 0. The number of para-hydroxylation sites is 3. The van der Waals surface area contributed by atoms with Crippen LogP contribution in [0.2, 0.25) is 0 Å². The molecule has 3 aromatic heterocycles. The highest BCUT2D eigenvalue weighted by atomic mass is 16.3. The Morgan fingerprint density at radius 1 is 0.521 bits per heavy atom. The van der Waals surface area contributed by atoms with Gasteiger partial charge in [-0.15, -0.1) is 0 Å². The topological polar surface area (TPSA) is 64.1 Å². The fraction of sp³-hybridized carbons (Fsp3) is 0.182. The number of hydrogen-bond donors (Lipinski definition) is 1. The zero-order chi connectivity index (χ0) is 49.1. The van der Waals surface area contributed by atoms with E-state index in [9.17, 15) is 5.11 Å². The van der Waals surface area contributed by atoms with Crippen LogP contribution in [-0.2, 0) is 16.2 Å². The Bertz CT molecular complexity index is 3930. The zero-order valence-corrected chi connectivity index (χ0v) is 41.9. The van der Waals surface area contributed by atoms with Crippen LogP contribution in [0.15, 0.2) is 180 Å². The minimum Gasteiger partial charge on any atom is -0.507 e. The van der Waals surface area contributed by atoms with Gasteiger partial charge in [0, 0.05) is 38.4 Å². The lowest BCUT2D eigenvalue weighted by Crippen LogP contribution is -2.43. The molecule has 3 heterocycles. The van der Waals surface area contributed by atoms with Gasteiger partial charge in [0.25, 0.3) is 0 Å². The number of rotatable bonds is 6. The summed E-state index contributed by atoms with van der Waals surface area (Å²) in [6, 6.07) is 62.6. The highest BCUT2D eigenvalue weighted by molar-refractivity contribution is 6.15. The van der Waals surface area contributed by atoms with Crippen molar-refractivity contribution < 1.29 is 9.52 Å². The zero-order valence-electron chi connectivity index (χ0n) is 41.9. The second kappa shape index (κ2) is 16.0. The molecule has 1 aliphatic carbocycles. The lowest BCUT2D eigenvalue weighted by molar-refractivity contribution is 0.296. The van der Waals surface area contributed by atoms with Crippen molar-refractivity contribution in [3.63, 3.8) is 0 Å². The van der Waals surface area contributed by atoms with Crippen molar-refractivity contribution >= 4 is 33.0 Å². The number of nitrogens with zero attached hydrogens (tertiary/aromatic N) is 3. The number of aromatic hydroxyl groups is 1. The van der Waals surface area contributed by atoms with Crippen molar-refractivity contribution in [3.05, 3.63) is 204 Å². The molecule has 12 rings (SSSR count). The average molecular weight is 924 g/mol. The van der Waals surface area contributed by atoms with E-state index in [4.69, 9.17) is 14.4 Å². The van der Waals surface area contributed by atoms with Crippen LogP contribution in [0, 0.1) is 13.8 Å². The Balaban J connectivity index is 1.16.